The molecule has 0 atom stereocenters. The van der Waals surface area contributed by atoms with Gasteiger partial charge in [0.2, 0.25) is 0 Å². The fourth-order valence-corrected chi connectivity index (χ4v) is 0.980. The number of aromatic hydroxyl groups is 1. The number of phenolic OH excluding ortho intramolecular Hbond substituents is 1. The van der Waals surface area contributed by atoms with Gasteiger partial charge in [0.1, 0.15) is 5.75 Å². The summed E-state index contributed by atoms with van der Waals surface area (Å²) in [6.07, 6.45) is 0. The van der Waals surface area contributed by atoms with Gasteiger partial charge in [-0.1, -0.05) is 19.9 Å². The average molecular weight is 196 g/mol. The van der Waals surface area contributed by atoms with Crippen LogP contribution >= 0.6 is 0 Å². The molecule has 0 aliphatic carbocycles. The summed E-state index contributed by atoms with van der Waals surface area (Å²) in [5.41, 5.74) is 4.86. The van der Waals surface area contributed by atoms with Gasteiger partial charge in [0, 0.05) is 14.1 Å². The van der Waals surface area contributed by atoms with Crippen molar-refractivity contribution in [2.24, 2.45) is 0 Å². The Balaban J connectivity index is 0.000000791. The lowest BCUT2D eigenvalue weighted by atomic mass is 10.2. The zero-order chi connectivity index (χ0) is 11.1. The monoisotopic (exact) mass is 196 g/mol. The average Bonchev–Trinajstić information content (AvgIpc) is 2.14. The summed E-state index contributed by atoms with van der Waals surface area (Å²) in [5, 5.41) is 11.2. The predicted molar refractivity (Wildman–Crippen MR) is 61.5 cm³/mol. The van der Waals surface area contributed by atoms with Crippen molar-refractivity contribution >= 4 is 5.69 Å². The second-order valence-electron chi connectivity index (χ2n) is 3.03. The van der Waals surface area contributed by atoms with Crippen LogP contribution in [0, 0.1) is 6.92 Å². The maximum Gasteiger partial charge on any atom is 0.140 e. The molecule has 0 bridgehead atoms. The molecule has 3 heteroatoms. The highest BCUT2D eigenvalue weighted by molar-refractivity contribution is 5.56. The summed E-state index contributed by atoms with van der Waals surface area (Å²) in [4.78, 5) is 0. The lowest BCUT2D eigenvalue weighted by Crippen LogP contribution is -2.19. The minimum Gasteiger partial charge on any atom is -0.506 e. The number of aryl methyl sites for hydroxylation is 1. The van der Waals surface area contributed by atoms with Crippen molar-refractivity contribution in [2.45, 2.75) is 20.8 Å². The number of anilines is 1. The molecule has 0 saturated carbocycles. The van der Waals surface area contributed by atoms with E-state index in [2.05, 4.69) is 5.43 Å². The number of rotatable bonds is 2. The summed E-state index contributed by atoms with van der Waals surface area (Å²) in [7, 11) is 3.75. The molecule has 0 amide bonds. The van der Waals surface area contributed by atoms with Crippen LogP contribution in [0.1, 0.15) is 19.4 Å². The molecule has 2 N–H and O–H groups in total. The van der Waals surface area contributed by atoms with Gasteiger partial charge in [-0.25, -0.2) is 5.01 Å². The molecule has 3 nitrogen and oxygen atoms in total. The highest BCUT2D eigenvalue weighted by atomic mass is 16.3. The van der Waals surface area contributed by atoms with Crippen molar-refractivity contribution < 1.29 is 5.11 Å². The molecule has 0 unspecified atom stereocenters. The van der Waals surface area contributed by atoms with E-state index < -0.39 is 0 Å². The molecule has 0 heterocycles. The number of benzene rings is 1. The van der Waals surface area contributed by atoms with Gasteiger partial charge < -0.3 is 10.5 Å². The minimum absolute atomic E-state index is 0.273. The van der Waals surface area contributed by atoms with Crippen LogP contribution in [0.2, 0.25) is 0 Å². The third-order valence-electron chi connectivity index (χ3n) is 1.50. The molecule has 0 fully saturated rings. The van der Waals surface area contributed by atoms with E-state index in [1.165, 1.54) is 0 Å². The molecule has 0 aromatic heterocycles. The van der Waals surface area contributed by atoms with Gasteiger partial charge in [-0.15, -0.1) is 0 Å². The summed E-state index contributed by atoms with van der Waals surface area (Å²) in [6.45, 7) is 5.99. The number of nitrogens with one attached hydrogen (secondary N) is 1. The highest BCUT2D eigenvalue weighted by Gasteiger charge is 2.00. The lowest BCUT2D eigenvalue weighted by Gasteiger charge is -2.14. The van der Waals surface area contributed by atoms with Crippen molar-refractivity contribution in [3.63, 3.8) is 0 Å². The van der Waals surface area contributed by atoms with Gasteiger partial charge in [0.05, 0.1) is 5.69 Å². The number of hydrogen-bond acceptors (Lipinski definition) is 3. The van der Waals surface area contributed by atoms with E-state index >= 15 is 0 Å². The van der Waals surface area contributed by atoms with E-state index in [-0.39, 0.29) is 5.75 Å². The Morgan fingerprint density at radius 3 is 2.29 bits per heavy atom. The van der Waals surface area contributed by atoms with Gasteiger partial charge >= 0.3 is 0 Å². The minimum atomic E-state index is 0.273. The zero-order valence-electron chi connectivity index (χ0n) is 9.63. The van der Waals surface area contributed by atoms with Crippen LogP contribution in [0.25, 0.3) is 0 Å². The molecule has 1 rings (SSSR count). The molecule has 80 valence electrons. The first kappa shape index (κ1) is 12.8. The largest absolute Gasteiger partial charge is 0.506 e. The van der Waals surface area contributed by atoms with E-state index in [0.717, 1.165) is 11.3 Å². The van der Waals surface area contributed by atoms with E-state index in [1.807, 2.05) is 47.0 Å². The highest BCUT2D eigenvalue weighted by Crippen LogP contribution is 2.23. The first-order valence-corrected chi connectivity index (χ1v) is 4.83. The van der Waals surface area contributed by atoms with Crippen molar-refractivity contribution in [2.75, 3.05) is 19.5 Å². The molecule has 0 radical (unpaired) electrons. The Morgan fingerprint density at radius 2 is 1.79 bits per heavy atom. The first-order valence-electron chi connectivity index (χ1n) is 4.83. The SMILES string of the molecule is CC.Cc1ccc(O)c(NN(C)C)c1. The fourth-order valence-electron chi connectivity index (χ4n) is 0.980. The second kappa shape index (κ2) is 6.27. The number of phenols is 1. The Bertz CT molecular complexity index is 272. The smallest absolute Gasteiger partial charge is 0.140 e. The quantitative estimate of drug-likeness (QED) is 0.564. The van der Waals surface area contributed by atoms with E-state index in [0.29, 0.717) is 0 Å². The molecule has 14 heavy (non-hydrogen) atoms. The number of hydrogen-bond donors (Lipinski definition) is 2. The summed E-state index contributed by atoms with van der Waals surface area (Å²) < 4.78 is 0. The van der Waals surface area contributed by atoms with Crippen molar-refractivity contribution in [1.29, 1.82) is 0 Å². The molecule has 0 saturated heterocycles. The standard InChI is InChI=1S/C9H14N2O.C2H6/c1-7-4-5-9(12)8(6-7)10-11(2)3;1-2/h4-6,10,12H,1-3H3;1-2H3. The predicted octanol–water partition coefficient (Wildman–Crippen LogP) is 2.62. The van der Waals surface area contributed by atoms with Crippen LogP contribution in [0.15, 0.2) is 18.2 Å². The summed E-state index contributed by atoms with van der Waals surface area (Å²) >= 11 is 0. The van der Waals surface area contributed by atoms with Crippen LogP contribution < -0.4 is 5.43 Å². The summed E-state index contributed by atoms with van der Waals surface area (Å²) in [6, 6.07) is 5.45. The van der Waals surface area contributed by atoms with Crippen molar-refractivity contribution in [1.82, 2.24) is 5.01 Å². The summed E-state index contributed by atoms with van der Waals surface area (Å²) in [5.74, 6) is 0.273. The molecular weight excluding hydrogens is 176 g/mol. The van der Waals surface area contributed by atoms with E-state index in [9.17, 15) is 5.11 Å². The van der Waals surface area contributed by atoms with Gasteiger partial charge in [0.25, 0.3) is 0 Å². The molecule has 1 aromatic rings. The maximum absolute atomic E-state index is 9.39. The van der Waals surface area contributed by atoms with Crippen LogP contribution in [0.3, 0.4) is 0 Å². The maximum atomic E-state index is 9.39. The Labute approximate surface area is 86.3 Å². The Morgan fingerprint density at radius 1 is 1.21 bits per heavy atom. The molecular formula is C11H20N2O. The van der Waals surface area contributed by atoms with Crippen molar-refractivity contribution in [3.8, 4) is 5.75 Å². The topological polar surface area (TPSA) is 35.5 Å². The number of nitrogens with zero attached hydrogens (tertiary/aromatic N) is 1. The van der Waals surface area contributed by atoms with Crippen LogP contribution in [-0.2, 0) is 0 Å². The van der Waals surface area contributed by atoms with Gasteiger partial charge in [-0.3, -0.25) is 0 Å². The van der Waals surface area contributed by atoms with Crippen LogP contribution in [0.5, 0.6) is 5.75 Å². The normalized spacial score (nSPS) is 9.29. The molecule has 0 aliphatic rings. The third-order valence-corrected chi connectivity index (χ3v) is 1.50. The first-order chi connectivity index (χ1) is 6.59. The van der Waals surface area contributed by atoms with Crippen molar-refractivity contribution in [3.05, 3.63) is 23.8 Å². The Kier molecular flexibility index (Phi) is 5.72. The Hall–Kier alpha value is -1.22. The molecule has 1 aromatic carbocycles. The van der Waals surface area contributed by atoms with E-state index in [4.69, 9.17) is 0 Å². The third kappa shape index (κ3) is 4.14. The van der Waals surface area contributed by atoms with Crippen LogP contribution in [-0.4, -0.2) is 24.2 Å². The number of hydrazine groups is 1. The van der Waals surface area contributed by atoms with Gasteiger partial charge in [-0.2, -0.15) is 0 Å². The lowest BCUT2D eigenvalue weighted by molar-refractivity contribution is 0.458. The zero-order valence-corrected chi connectivity index (χ0v) is 9.63. The molecule has 0 spiro atoms. The van der Waals surface area contributed by atoms with Gasteiger partial charge in [0.15, 0.2) is 0 Å². The second-order valence-corrected chi connectivity index (χ2v) is 3.03. The molecule has 0 aliphatic heterocycles. The fraction of sp³-hybridized carbons (Fsp3) is 0.455. The van der Waals surface area contributed by atoms with Gasteiger partial charge in [-0.05, 0) is 24.6 Å². The van der Waals surface area contributed by atoms with Crippen LogP contribution in [0.4, 0.5) is 5.69 Å². The van der Waals surface area contributed by atoms with E-state index in [1.54, 1.807) is 11.1 Å².